The van der Waals surface area contributed by atoms with Crippen LogP contribution in [-0.2, 0) is 27.4 Å². The van der Waals surface area contributed by atoms with Crippen LogP contribution in [-0.4, -0.2) is 38.3 Å². The molecule has 174 valence electrons. The van der Waals surface area contributed by atoms with Gasteiger partial charge in [-0.05, 0) is 61.6 Å². The third-order valence-corrected chi connectivity index (χ3v) is 8.18. The number of sulfonamides is 1. The second-order valence-corrected chi connectivity index (χ2v) is 10.1. The lowest BCUT2D eigenvalue weighted by Crippen LogP contribution is -2.45. The van der Waals surface area contributed by atoms with Crippen molar-refractivity contribution in [1.29, 1.82) is 5.26 Å². The molecule has 2 aliphatic rings. The van der Waals surface area contributed by atoms with Crippen LogP contribution in [0.15, 0.2) is 47.4 Å². The number of halogens is 3. The molecule has 0 spiro atoms. The number of piperidine rings is 1. The van der Waals surface area contributed by atoms with Crippen LogP contribution >= 0.6 is 0 Å². The second-order valence-electron chi connectivity index (χ2n) is 8.22. The SMILES string of the molecule is N#Cc1ccccc1S(=O)(=O)N1CCC(C(=O)N2CCCc3cc(C(F)(F)F)ccc32)CC1. The Labute approximate surface area is 190 Å². The second kappa shape index (κ2) is 8.80. The molecule has 10 heteroatoms. The maximum Gasteiger partial charge on any atom is 0.416 e. The Morgan fingerprint density at radius 2 is 1.76 bits per heavy atom. The first-order chi connectivity index (χ1) is 15.6. The fourth-order valence-electron chi connectivity index (χ4n) is 4.49. The van der Waals surface area contributed by atoms with Crippen LogP contribution in [0.3, 0.4) is 0 Å². The molecule has 2 aliphatic heterocycles. The molecule has 0 N–H and O–H groups in total. The zero-order valence-corrected chi connectivity index (χ0v) is 18.5. The van der Waals surface area contributed by atoms with Crippen molar-refractivity contribution in [2.45, 2.75) is 36.8 Å². The molecule has 2 aromatic carbocycles. The summed E-state index contributed by atoms with van der Waals surface area (Å²) in [5, 5.41) is 9.24. The number of hydrogen-bond donors (Lipinski definition) is 0. The summed E-state index contributed by atoms with van der Waals surface area (Å²) in [6.07, 6.45) is -2.79. The van der Waals surface area contributed by atoms with Gasteiger partial charge in [-0.25, -0.2) is 8.42 Å². The highest BCUT2D eigenvalue weighted by molar-refractivity contribution is 7.89. The third kappa shape index (κ3) is 4.48. The molecule has 0 aromatic heterocycles. The monoisotopic (exact) mass is 477 g/mol. The number of nitrogens with zero attached hydrogens (tertiary/aromatic N) is 3. The van der Waals surface area contributed by atoms with E-state index < -0.39 is 27.7 Å². The molecule has 4 rings (SSSR count). The van der Waals surface area contributed by atoms with Gasteiger partial charge in [0.05, 0.1) is 16.0 Å². The lowest BCUT2D eigenvalue weighted by atomic mass is 9.93. The Kier molecular flexibility index (Phi) is 6.20. The van der Waals surface area contributed by atoms with Gasteiger partial charge < -0.3 is 4.90 Å². The molecule has 2 aromatic rings. The molecule has 0 unspecified atom stereocenters. The lowest BCUT2D eigenvalue weighted by molar-refractivity contribution is -0.137. The smallest absolute Gasteiger partial charge is 0.312 e. The highest BCUT2D eigenvalue weighted by Crippen LogP contribution is 2.36. The van der Waals surface area contributed by atoms with Crippen LogP contribution in [0.25, 0.3) is 0 Å². The number of anilines is 1. The fourth-order valence-corrected chi connectivity index (χ4v) is 6.10. The summed E-state index contributed by atoms with van der Waals surface area (Å²) < 4.78 is 66.5. The third-order valence-electron chi connectivity index (χ3n) is 6.22. The van der Waals surface area contributed by atoms with Crippen LogP contribution < -0.4 is 4.90 Å². The minimum absolute atomic E-state index is 0.0531. The Hall–Kier alpha value is -2.90. The van der Waals surface area contributed by atoms with Crippen LogP contribution in [0.4, 0.5) is 18.9 Å². The van der Waals surface area contributed by atoms with Crippen LogP contribution in [0.2, 0.25) is 0 Å². The molecule has 1 fully saturated rings. The van der Waals surface area contributed by atoms with Crippen molar-refractivity contribution in [2.75, 3.05) is 24.5 Å². The summed E-state index contributed by atoms with van der Waals surface area (Å²) in [6, 6.07) is 11.3. The topological polar surface area (TPSA) is 81.5 Å². The largest absolute Gasteiger partial charge is 0.416 e. The highest BCUT2D eigenvalue weighted by Gasteiger charge is 2.37. The van der Waals surface area contributed by atoms with E-state index in [2.05, 4.69) is 0 Å². The maximum atomic E-state index is 13.2. The summed E-state index contributed by atoms with van der Waals surface area (Å²) in [4.78, 5) is 14.7. The Bertz CT molecular complexity index is 1210. The zero-order chi connectivity index (χ0) is 23.8. The standard InChI is InChI=1S/C23H22F3N3O3S/c24-23(25,26)19-7-8-20-17(14-19)5-3-11-29(20)22(30)16-9-12-28(13-10-16)33(31,32)21-6-2-1-4-18(21)15-27/h1-2,4,6-8,14,16H,3,5,9-13H2. The molecule has 0 atom stereocenters. The number of benzene rings is 2. The van der Waals surface area contributed by atoms with Crippen molar-refractivity contribution in [3.05, 3.63) is 59.2 Å². The minimum Gasteiger partial charge on any atom is -0.312 e. The van der Waals surface area contributed by atoms with Crippen molar-refractivity contribution in [2.24, 2.45) is 5.92 Å². The number of rotatable bonds is 3. The highest BCUT2D eigenvalue weighted by atomic mass is 32.2. The number of hydrogen-bond acceptors (Lipinski definition) is 4. The van der Waals surface area contributed by atoms with Crippen molar-refractivity contribution in [3.8, 4) is 6.07 Å². The number of nitriles is 1. The molecule has 0 aliphatic carbocycles. The van der Waals surface area contributed by atoms with Crippen LogP contribution in [0.1, 0.15) is 36.0 Å². The van der Waals surface area contributed by atoms with Gasteiger partial charge >= 0.3 is 6.18 Å². The van der Waals surface area contributed by atoms with Gasteiger partial charge in [0.15, 0.2) is 0 Å². The van der Waals surface area contributed by atoms with Crippen molar-refractivity contribution in [3.63, 3.8) is 0 Å². The van der Waals surface area contributed by atoms with Gasteiger partial charge in [-0.3, -0.25) is 4.79 Å². The minimum atomic E-state index is -4.44. The molecule has 6 nitrogen and oxygen atoms in total. The quantitative estimate of drug-likeness (QED) is 0.670. The number of alkyl halides is 3. The first kappa shape index (κ1) is 23.3. The van der Waals surface area contributed by atoms with Gasteiger partial charge in [-0.1, -0.05) is 12.1 Å². The Morgan fingerprint density at radius 1 is 1.06 bits per heavy atom. The summed E-state index contributed by atoms with van der Waals surface area (Å²) in [6.45, 7) is 0.684. The van der Waals surface area contributed by atoms with Crippen molar-refractivity contribution < 1.29 is 26.4 Å². The van der Waals surface area contributed by atoms with Crippen molar-refractivity contribution >= 4 is 21.6 Å². The van der Waals surface area contributed by atoms with E-state index in [1.54, 1.807) is 17.0 Å². The fraction of sp³-hybridized carbons (Fsp3) is 0.391. The summed E-state index contributed by atoms with van der Waals surface area (Å²) in [5.41, 5.74) is 0.334. The van der Waals surface area contributed by atoms with E-state index in [0.29, 0.717) is 43.5 Å². The summed E-state index contributed by atoms with van der Waals surface area (Å²) in [5.74, 6) is -0.610. The molecular formula is C23H22F3N3O3S. The zero-order valence-electron chi connectivity index (χ0n) is 17.7. The van der Waals surface area contributed by atoms with E-state index >= 15 is 0 Å². The van der Waals surface area contributed by atoms with Gasteiger partial charge in [0.2, 0.25) is 15.9 Å². The first-order valence-electron chi connectivity index (χ1n) is 10.6. The first-order valence-corrected chi connectivity index (χ1v) is 12.1. The normalized spacial score (nSPS) is 17.9. The predicted octanol–water partition coefficient (Wildman–Crippen LogP) is 3.96. The number of amides is 1. The number of fused-ring (bicyclic) bond motifs is 1. The van der Waals surface area contributed by atoms with Crippen LogP contribution in [0, 0.1) is 17.2 Å². The Morgan fingerprint density at radius 3 is 2.42 bits per heavy atom. The van der Waals surface area contributed by atoms with E-state index in [-0.39, 0.29) is 29.5 Å². The average molecular weight is 478 g/mol. The van der Waals surface area contributed by atoms with Gasteiger partial charge in [-0.2, -0.15) is 22.7 Å². The average Bonchev–Trinajstić information content (AvgIpc) is 2.82. The van der Waals surface area contributed by atoms with E-state index in [0.717, 1.165) is 12.1 Å². The molecule has 1 saturated heterocycles. The van der Waals surface area contributed by atoms with Crippen molar-refractivity contribution in [1.82, 2.24) is 4.31 Å². The predicted molar refractivity (Wildman–Crippen MR) is 115 cm³/mol. The van der Waals surface area contributed by atoms with E-state index in [4.69, 9.17) is 0 Å². The molecule has 1 amide bonds. The molecule has 0 bridgehead atoms. The number of carbonyl (C=O) groups excluding carboxylic acids is 1. The molecule has 2 heterocycles. The molecule has 0 saturated carbocycles. The molecule has 33 heavy (non-hydrogen) atoms. The van der Waals surface area contributed by atoms with Gasteiger partial charge in [0, 0.05) is 31.2 Å². The van der Waals surface area contributed by atoms with Gasteiger partial charge in [0.1, 0.15) is 6.07 Å². The molecular weight excluding hydrogens is 455 g/mol. The van der Waals surface area contributed by atoms with E-state index in [9.17, 15) is 31.6 Å². The maximum absolute atomic E-state index is 13.2. The van der Waals surface area contributed by atoms with Crippen LogP contribution in [0.5, 0.6) is 0 Å². The van der Waals surface area contributed by atoms with E-state index in [1.807, 2.05) is 6.07 Å². The number of carbonyl (C=O) groups is 1. The van der Waals surface area contributed by atoms with Gasteiger partial charge in [-0.15, -0.1) is 0 Å². The Balaban J connectivity index is 1.48. The number of aryl methyl sites for hydroxylation is 1. The summed E-state index contributed by atoms with van der Waals surface area (Å²) in [7, 11) is -3.87. The lowest BCUT2D eigenvalue weighted by Gasteiger charge is -2.36. The van der Waals surface area contributed by atoms with Gasteiger partial charge in [0.25, 0.3) is 0 Å². The summed E-state index contributed by atoms with van der Waals surface area (Å²) >= 11 is 0. The molecule has 0 radical (unpaired) electrons. The van der Waals surface area contributed by atoms with E-state index in [1.165, 1.54) is 22.5 Å².